The summed E-state index contributed by atoms with van der Waals surface area (Å²) in [6, 6.07) is 9.16. The van der Waals surface area contributed by atoms with Crippen molar-refractivity contribution in [1.29, 1.82) is 0 Å². The topological polar surface area (TPSA) is 105 Å². The normalized spacial score (nSPS) is 19.8. The zero-order valence-electron chi connectivity index (χ0n) is 25.5. The Bertz CT molecular complexity index is 1180. The molecule has 0 radical (unpaired) electrons. The number of benzene rings is 1. The summed E-state index contributed by atoms with van der Waals surface area (Å²) < 4.78 is 16.8. The summed E-state index contributed by atoms with van der Waals surface area (Å²) in [7, 11) is 5.68. The van der Waals surface area contributed by atoms with Crippen LogP contribution in [0.5, 0.6) is 17.2 Å². The van der Waals surface area contributed by atoms with Crippen LogP contribution in [0.1, 0.15) is 56.2 Å². The Morgan fingerprint density at radius 1 is 1.12 bits per heavy atom. The van der Waals surface area contributed by atoms with Crippen LogP contribution in [-0.2, 0) is 16.0 Å². The lowest BCUT2D eigenvalue weighted by molar-refractivity contribution is -0.143. The molecule has 3 atom stereocenters. The molecule has 10 nitrogen and oxygen atoms in total. The molecule has 2 aromatic rings. The summed E-state index contributed by atoms with van der Waals surface area (Å²) in [5.74, 6) is -0.268. The van der Waals surface area contributed by atoms with Crippen molar-refractivity contribution in [2.45, 2.75) is 57.4 Å². The molecule has 1 aromatic heterocycles. The summed E-state index contributed by atoms with van der Waals surface area (Å²) in [5.41, 5.74) is 1.72. The first kappa shape index (κ1) is 31.6. The predicted molar refractivity (Wildman–Crippen MR) is 160 cm³/mol. The number of hydrogen-bond donors (Lipinski definition) is 1. The molecule has 42 heavy (non-hydrogen) atoms. The van der Waals surface area contributed by atoms with Crippen molar-refractivity contribution in [3.8, 4) is 17.2 Å². The summed E-state index contributed by atoms with van der Waals surface area (Å²) in [4.78, 5) is 37.4. The van der Waals surface area contributed by atoms with Crippen molar-refractivity contribution in [2.75, 3.05) is 60.7 Å². The third kappa shape index (κ3) is 7.92. The van der Waals surface area contributed by atoms with Crippen molar-refractivity contribution in [2.24, 2.45) is 5.92 Å². The summed E-state index contributed by atoms with van der Waals surface area (Å²) >= 11 is 0. The molecule has 0 spiro atoms. The van der Waals surface area contributed by atoms with Gasteiger partial charge < -0.3 is 29.1 Å². The van der Waals surface area contributed by atoms with Gasteiger partial charge in [0.2, 0.25) is 18.4 Å². The fraction of sp³-hybridized carbons (Fsp3) is 0.594. The number of unbranched alkanes of at least 4 members (excludes halogenated alkanes) is 2. The van der Waals surface area contributed by atoms with E-state index in [2.05, 4.69) is 35.8 Å². The molecule has 230 valence electrons. The molecule has 1 unspecified atom stereocenters. The molecule has 1 aromatic carbocycles. The van der Waals surface area contributed by atoms with Gasteiger partial charge in [0.05, 0.1) is 19.6 Å². The van der Waals surface area contributed by atoms with E-state index in [-0.39, 0.29) is 31.2 Å². The largest absolute Gasteiger partial charge is 0.493 e. The Labute approximate surface area is 249 Å². The van der Waals surface area contributed by atoms with Crippen molar-refractivity contribution < 1.29 is 28.9 Å². The highest BCUT2D eigenvalue weighted by molar-refractivity contribution is 5.79. The minimum Gasteiger partial charge on any atom is -0.493 e. The fourth-order valence-corrected chi connectivity index (χ4v) is 6.11. The van der Waals surface area contributed by atoms with Crippen LogP contribution >= 0.6 is 0 Å². The van der Waals surface area contributed by atoms with E-state index in [1.807, 2.05) is 35.2 Å². The van der Waals surface area contributed by atoms with Crippen LogP contribution in [0.4, 0.5) is 0 Å². The zero-order valence-corrected chi connectivity index (χ0v) is 25.5. The van der Waals surface area contributed by atoms with Gasteiger partial charge in [0.25, 0.3) is 0 Å². The van der Waals surface area contributed by atoms with E-state index in [4.69, 9.17) is 14.2 Å². The average molecular weight is 583 g/mol. The number of methoxy groups -OCH3 is 1. The number of hydrogen-bond acceptors (Lipinski definition) is 8. The Morgan fingerprint density at radius 3 is 2.60 bits per heavy atom. The second-order valence-corrected chi connectivity index (χ2v) is 11.5. The molecule has 2 aliphatic rings. The van der Waals surface area contributed by atoms with E-state index in [9.17, 15) is 14.7 Å². The van der Waals surface area contributed by atoms with Crippen LogP contribution < -0.4 is 14.2 Å². The number of carboxylic acids is 1. The molecule has 1 fully saturated rings. The van der Waals surface area contributed by atoms with E-state index in [0.717, 1.165) is 50.0 Å². The van der Waals surface area contributed by atoms with Crippen LogP contribution in [0.2, 0.25) is 0 Å². The molecule has 0 saturated carbocycles. The second-order valence-electron chi connectivity index (χ2n) is 11.5. The maximum atomic E-state index is 13.8. The third-order valence-electron chi connectivity index (χ3n) is 8.32. The van der Waals surface area contributed by atoms with Crippen LogP contribution in [-0.4, -0.2) is 103 Å². The number of rotatable bonds is 16. The predicted octanol–water partition coefficient (Wildman–Crippen LogP) is 3.89. The quantitative estimate of drug-likeness (QED) is 0.295. The molecule has 4 rings (SSSR count). The molecule has 0 bridgehead atoms. The van der Waals surface area contributed by atoms with Crippen LogP contribution in [0.3, 0.4) is 0 Å². The average Bonchev–Trinajstić information content (AvgIpc) is 3.60. The molecular formula is C32H46N4O6. The second kappa shape index (κ2) is 15.2. The first-order valence-corrected chi connectivity index (χ1v) is 15.1. The van der Waals surface area contributed by atoms with Crippen LogP contribution in [0.15, 0.2) is 36.5 Å². The van der Waals surface area contributed by atoms with Crippen LogP contribution in [0, 0.1) is 5.92 Å². The molecular weight excluding hydrogens is 536 g/mol. The third-order valence-corrected chi connectivity index (χ3v) is 8.32. The number of aromatic nitrogens is 1. The molecule has 10 heteroatoms. The van der Waals surface area contributed by atoms with Crippen LogP contribution in [0.25, 0.3) is 0 Å². The highest BCUT2D eigenvalue weighted by atomic mass is 16.7. The van der Waals surface area contributed by atoms with E-state index in [1.54, 1.807) is 13.3 Å². The number of pyridine rings is 1. The number of aliphatic carboxylic acids is 1. The molecule has 3 heterocycles. The Hall–Kier alpha value is -3.37. The van der Waals surface area contributed by atoms with Gasteiger partial charge in [0.15, 0.2) is 11.5 Å². The lowest BCUT2D eigenvalue weighted by atomic mass is 9.83. The highest BCUT2D eigenvalue weighted by Crippen LogP contribution is 2.47. The summed E-state index contributed by atoms with van der Waals surface area (Å²) in [6.07, 6.45) is 6.87. The van der Waals surface area contributed by atoms with E-state index in [1.165, 1.54) is 0 Å². The first-order valence-electron chi connectivity index (χ1n) is 15.1. The SMILES string of the molecule is CCCCN(CCCCN(C)C)C(=O)CN1C[C@H](c2cc(OC)c3c(c2)OCO3)C(C(=O)O)[C@@H]1CCc1ccccn1. The number of nitrogens with zero attached hydrogens (tertiary/aromatic N) is 4. The van der Waals surface area contributed by atoms with Crippen molar-refractivity contribution >= 4 is 11.9 Å². The van der Waals surface area contributed by atoms with E-state index in [0.29, 0.717) is 43.2 Å². The number of amides is 1. The lowest BCUT2D eigenvalue weighted by Crippen LogP contribution is -2.45. The van der Waals surface area contributed by atoms with Gasteiger partial charge >= 0.3 is 5.97 Å². The Kier molecular flexibility index (Phi) is 11.4. The molecule has 1 amide bonds. The number of carboxylic acid groups (broad SMARTS) is 1. The molecule has 1 N–H and O–H groups in total. The van der Waals surface area contributed by atoms with Gasteiger partial charge in [-0.15, -0.1) is 0 Å². The van der Waals surface area contributed by atoms with Crippen molar-refractivity contribution in [1.82, 2.24) is 19.7 Å². The number of carbonyl (C=O) groups is 2. The van der Waals surface area contributed by atoms with Gasteiger partial charge in [0.1, 0.15) is 0 Å². The molecule has 0 aliphatic carbocycles. The monoisotopic (exact) mass is 582 g/mol. The number of aryl methyl sites for hydroxylation is 1. The molecule has 1 saturated heterocycles. The van der Waals surface area contributed by atoms with Gasteiger partial charge in [-0.1, -0.05) is 19.4 Å². The highest BCUT2D eigenvalue weighted by Gasteiger charge is 2.47. The van der Waals surface area contributed by atoms with Gasteiger partial charge in [-0.3, -0.25) is 19.5 Å². The lowest BCUT2D eigenvalue weighted by Gasteiger charge is -2.30. The Balaban J connectivity index is 1.59. The van der Waals surface area contributed by atoms with Gasteiger partial charge in [-0.05, 0) is 82.6 Å². The summed E-state index contributed by atoms with van der Waals surface area (Å²) in [6.45, 7) is 5.27. The van der Waals surface area contributed by atoms with E-state index >= 15 is 0 Å². The minimum absolute atomic E-state index is 0.0594. The maximum Gasteiger partial charge on any atom is 0.308 e. The molecule has 2 aliphatic heterocycles. The van der Waals surface area contributed by atoms with Gasteiger partial charge in [-0.2, -0.15) is 0 Å². The van der Waals surface area contributed by atoms with Crippen molar-refractivity contribution in [3.05, 3.63) is 47.8 Å². The fourth-order valence-electron chi connectivity index (χ4n) is 6.11. The number of carbonyl (C=O) groups excluding carboxylic acids is 1. The smallest absolute Gasteiger partial charge is 0.308 e. The zero-order chi connectivity index (χ0) is 30.1. The van der Waals surface area contributed by atoms with Gasteiger partial charge in [0, 0.05) is 43.5 Å². The standard InChI is InChI=1S/C32H46N4O6/c1-5-6-16-35(17-10-9-15-34(2)3)29(37)21-36-20-25(23-18-27(40-4)31-28(19-23)41-22-42-31)30(32(38)39)26(36)13-12-24-11-7-8-14-33-24/h7-8,11,14,18-19,25-26,30H,5-6,9-10,12-13,15-17,20-22H2,1-4H3,(H,38,39)/t25-,26+,30?/m1/s1. The van der Waals surface area contributed by atoms with E-state index < -0.39 is 11.9 Å². The number of fused-ring (bicyclic) bond motifs is 1. The number of ether oxygens (including phenoxy) is 3. The minimum atomic E-state index is -0.871. The Morgan fingerprint density at radius 2 is 1.90 bits per heavy atom. The number of likely N-dealkylation sites (tertiary alicyclic amines) is 1. The van der Waals surface area contributed by atoms with Gasteiger partial charge in [-0.25, -0.2) is 0 Å². The first-order chi connectivity index (χ1) is 20.3. The maximum absolute atomic E-state index is 13.8. The summed E-state index contributed by atoms with van der Waals surface area (Å²) in [5, 5.41) is 10.6. The van der Waals surface area contributed by atoms with Crippen molar-refractivity contribution in [3.63, 3.8) is 0 Å².